The molecule has 1 aliphatic heterocycles. The van der Waals surface area contributed by atoms with Crippen LogP contribution in [0.2, 0.25) is 0 Å². The molecule has 2 heterocycles. The van der Waals surface area contributed by atoms with Crippen LogP contribution in [0.15, 0.2) is 30.3 Å². The first kappa shape index (κ1) is 18.6. The summed E-state index contributed by atoms with van der Waals surface area (Å²) in [4.78, 5) is 14.8. The number of aryl methyl sites for hydroxylation is 2. The fourth-order valence-corrected chi connectivity index (χ4v) is 3.51. The van der Waals surface area contributed by atoms with Gasteiger partial charge >= 0.3 is 0 Å². The molecule has 140 valence electrons. The quantitative estimate of drug-likeness (QED) is 0.860. The number of ether oxygens (including phenoxy) is 1. The lowest BCUT2D eigenvalue weighted by Gasteiger charge is -2.19. The summed E-state index contributed by atoms with van der Waals surface area (Å²) in [6.45, 7) is 9.06. The second-order valence-electron chi connectivity index (χ2n) is 7.08. The predicted octanol–water partition coefficient (Wildman–Crippen LogP) is 2.00. The lowest BCUT2D eigenvalue weighted by atomic mass is 10.1. The summed E-state index contributed by atoms with van der Waals surface area (Å²) >= 11 is 0. The van der Waals surface area contributed by atoms with Crippen molar-refractivity contribution >= 4 is 5.91 Å². The molecule has 1 N–H and O–H groups in total. The van der Waals surface area contributed by atoms with Crippen LogP contribution in [0.25, 0.3) is 0 Å². The molecule has 1 fully saturated rings. The van der Waals surface area contributed by atoms with Crippen LogP contribution < -0.4 is 5.32 Å². The lowest BCUT2D eigenvalue weighted by molar-refractivity contribution is 0.0513. The van der Waals surface area contributed by atoms with Gasteiger partial charge in [0.1, 0.15) is 0 Å². The van der Waals surface area contributed by atoms with Crippen molar-refractivity contribution in [3.8, 4) is 0 Å². The fraction of sp³-hybridized carbons (Fsp3) is 0.500. The normalized spacial score (nSPS) is 20.5. The first-order chi connectivity index (χ1) is 12.5. The van der Waals surface area contributed by atoms with Gasteiger partial charge in [0.05, 0.1) is 24.4 Å². The van der Waals surface area contributed by atoms with E-state index in [-0.39, 0.29) is 18.1 Å². The average molecular weight is 356 g/mol. The van der Waals surface area contributed by atoms with E-state index < -0.39 is 0 Å². The van der Waals surface area contributed by atoms with Gasteiger partial charge in [-0.25, -0.2) is 0 Å². The largest absolute Gasteiger partial charge is 0.375 e. The Morgan fingerprint density at radius 3 is 2.62 bits per heavy atom. The number of carbonyl (C=O) groups is 1. The van der Waals surface area contributed by atoms with Crippen LogP contribution in [0.3, 0.4) is 0 Å². The average Bonchev–Trinajstić information content (AvgIpc) is 3.10. The van der Waals surface area contributed by atoms with Gasteiger partial charge in [0.25, 0.3) is 5.91 Å². The zero-order chi connectivity index (χ0) is 18.7. The molecule has 6 heteroatoms. The Kier molecular flexibility index (Phi) is 5.74. The first-order valence-corrected chi connectivity index (χ1v) is 9.17. The molecule has 0 unspecified atom stereocenters. The molecule has 1 aromatic carbocycles. The van der Waals surface area contributed by atoms with E-state index in [2.05, 4.69) is 28.3 Å². The summed E-state index contributed by atoms with van der Waals surface area (Å²) in [5, 5.41) is 7.60. The fourth-order valence-electron chi connectivity index (χ4n) is 3.51. The number of carbonyl (C=O) groups excluding carboxylic acids is 1. The Bertz CT molecular complexity index is 754. The maximum absolute atomic E-state index is 12.6. The highest BCUT2D eigenvalue weighted by Crippen LogP contribution is 2.14. The molecule has 2 atom stereocenters. The Hall–Kier alpha value is -2.18. The summed E-state index contributed by atoms with van der Waals surface area (Å²) in [6, 6.07) is 9.84. The van der Waals surface area contributed by atoms with Crippen molar-refractivity contribution in [2.75, 3.05) is 26.7 Å². The molecule has 0 aliphatic carbocycles. The Morgan fingerprint density at radius 2 is 2.00 bits per heavy atom. The topological polar surface area (TPSA) is 59.4 Å². The van der Waals surface area contributed by atoms with Gasteiger partial charge in [0.15, 0.2) is 0 Å². The van der Waals surface area contributed by atoms with Crippen molar-refractivity contribution in [3.05, 3.63) is 52.8 Å². The number of amides is 1. The second kappa shape index (κ2) is 8.01. The predicted molar refractivity (Wildman–Crippen MR) is 101 cm³/mol. The zero-order valence-electron chi connectivity index (χ0n) is 16.0. The lowest BCUT2D eigenvalue weighted by Crippen LogP contribution is -2.43. The van der Waals surface area contributed by atoms with E-state index in [4.69, 9.17) is 4.74 Å². The summed E-state index contributed by atoms with van der Waals surface area (Å²) in [5.74, 6) is -0.0485. The molecule has 1 amide bonds. The van der Waals surface area contributed by atoms with Crippen LogP contribution in [-0.4, -0.2) is 59.5 Å². The van der Waals surface area contributed by atoms with Crippen molar-refractivity contribution in [3.63, 3.8) is 0 Å². The molecule has 26 heavy (non-hydrogen) atoms. The van der Waals surface area contributed by atoms with E-state index in [1.807, 2.05) is 49.8 Å². The number of rotatable bonds is 6. The highest BCUT2D eigenvalue weighted by Gasteiger charge is 2.32. The Morgan fingerprint density at radius 1 is 1.27 bits per heavy atom. The number of nitrogens with one attached hydrogen (secondary N) is 1. The number of likely N-dealkylation sites (tertiary alicyclic amines) is 1. The summed E-state index contributed by atoms with van der Waals surface area (Å²) in [6.07, 6.45) is 0.0549. The minimum atomic E-state index is -0.0485. The van der Waals surface area contributed by atoms with Gasteiger partial charge in [-0.05, 0) is 51.6 Å². The summed E-state index contributed by atoms with van der Waals surface area (Å²) in [5.41, 5.74) is 3.95. The van der Waals surface area contributed by atoms with Crippen LogP contribution in [0.1, 0.15) is 34.2 Å². The molecule has 0 spiro atoms. The number of benzene rings is 1. The third-order valence-electron chi connectivity index (χ3n) is 4.80. The van der Waals surface area contributed by atoms with Crippen molar-refractivity contribution in [1.29, 1.82) is 0 Å². The standard InChI is InChI=1S/C20H28N4O2/c1-5-26-19-13-23(4)12-18(19)21-20(25)17-8-6-16(7-9-17)11-24-15(3)10-14(2)22-24/h6-10,18-19H,5,11-13H2,1-4H3,(H,21,25)/t18-,19-/m0/s1. The smallest absolute Gasteiger partial charge is 0.251 e. The molecule has 1 aliphatic rings. The van der Waals surface area contributed by atoms with Gasteiger partial charge in [-0.2, -0.15) is 5.10 Å². The third-order valence-corrected chi connectivity index (χ3v) is 4.80. The van der Waals surface area contributed by atoms with Crippen LogP contribution in [0.5, 0.6) is 0 Å². The van der Waals surface area contributed by atoms with Crippen LogP contribution in [-0.2, 0) is 11.3 Å². The van der Waals surface area contributed by atoms with Crippen molar-refractivity contribution < 1.29 is 9.53 Å². The minimum absolute atomic E-state index is 0.0295. The number of aromatic nitrogens is 2. The van der Waals surface area contributed by atoms with Crippen molar-refractivity contribution in [1.82, 2.24) is 20.0 Å². The molecule has 0 radical (unpaired) electrons. The maximum atomic E-state index is 12.6. The monoisotopic (exact) mass is 356 g/mol. The molecule has 1 saturated heterocycles. The van der Waals surface area contributed by atoms with Gasteiger partial charge < -0.3 is 15.0 Å². The molecular weight excluding hydrogens is 328 g/mol. The van der Waals surface area contributed by atoms with E-state index in [0.717, 1.165) is 30.0 Å². The van der Waals surface area contributed by atoms with Gasteiger partial charge in [0, 0.05) is 31.0 Å². The van der Waals surface area contributed by atoms with Crippen LogP contribution in [0.4, 0.5) is 0 Å². The van der Waals surface area contributed by atoms with E-state index in [9.17, 15) is 4.79 Å². The number of likely N-dealkylation sites (N-methyl/N-ethyl adjacent to an activating group) is 1. The van der Waals surface area contributed by atoms with E-state index in [1.165, 1.54) is 0 Å². The third kappa shape index (κ3) is 4.31. The van der Waals surface area contributed by atoms with Crippen molar-refractivity contribution in [2.24, 2.45) is 0 Å². The Balaban J connectivity index is 1.62. The van der Waals surface area contributed by atoms with Gasteiger partial charge in [-0.15, -0.1) is 0 Å². The molecule has 2 aromatic rings. The molecule has 6 nitrogen and oxygen atoms in total. The van der Waals surface area contributed by atoms with Crippen LogP contribution >= 0.6 is 0 Å². The molecular formula is C20H28N4O2. The minimum Gasteiger partial charge on any atom is -0.375 e. The molecule has 3 rings (SSSR count). The Labute approximate surface area is 155 Å². The molecule has 1 aromatic heterocycles. The number of hydrogen-bond acceptors (Lipinski definition) is 4. The van der Waals surface area contributed by atoms with Gasteiger partial charge in [-0.3, -0.25) is 9.48 Å². The van der Waals surface area contributed by atoms with E-state index >= 15 is 0 Å². The second-order valence-corrected chi connectivity index (χ2v) is 7.08. The molecule has 0 bridgehead atoms. The highest BCUT2D eigenvalue weighted by molar-refractivity contribution is 5.94. The van der Waals surface area contributed by atoms with E-state index in [1.54, 1.807) is 0 Å². The number of hydrogen-bond donors (Lipinski definition) is 1. The highest BCUT2D eigenvalue weighted by atomic mass is 16.5. The van der Waals surface area contributed by atoms with E-state index in [0.29, 0.717) is 18.7 Å². The van der Waals surface area contributed by atoms with Crippen LogP contribution in [0, 0.1) is 13.8 Å². The zero-order valence-corrected chi connectivity index (χ0v) is 16.0. The summed E-state index contributed by atoms with van der Waals surface area (Å²) in [7, 11) is 2.05. The molecule has 0 saturated carbocycles. The SMILES string of the molecule is CCO[C@H]1CN(C)C[C@@H]1NC(=O)c1ccc(Cn2nc(C)cc2C)cc1. The number of nitrogens with zero attached hydrogens (tertiary/aromatic N) is 3. The van der Waals surface area contributed by atoms with Crippen molar-refractivity contribution in [2.45, 2.75) is 39.5 Å². The summed E-state index contributed by atoms with van der Waals surface area (Å²) < 4.78 is 7.73. The maximum Gasteiger partial charge on any atom is 0.251 e. The van der Waals surface area contributed by atoms with Gasteiger partial charge in [-0.1, -0.05) is 12.1 Å². The van der Waals surface area contributed by atoms with Gasteiger partial charge in [0.2, 0.25) is 0 Å². The first-order valence-electron chi connectivity index (χ1n) is 9.17.